The lowest BCUT2D eigenvalue weighted by atomic mass is 9.95. The van der Waals surface area contributed by atoms with Gasteiger partial charge in [-0.05, 0) is 67.7 Å². The van der Waals surface area contributed by atoms with E-state index in [0.29, 0.717) is 19.4 Å². The van der Waals surface area contributed by atoms with E-state index in [-0.39, 0.29) is 35.5 Å². The minimum Gasteiger partial charge on any atom is -0.474 e. The highest BCUT2D eigenvalue weighted by molar-refractivity contribution is 7.89. The maximum Gasteiger partial charge on any atom is 0.418 e. The molecule has 2 aliphatic heterocycles. The molecule has 1 aliphatic carbocycles. The average molecular weight is 576 g/mol. The topological polar surface area (TPSA) is 88.6 Å². The Kier molecular flexibility index (Phi) is 7.10. The molecule has 1 aromatic carbocycles. The molecule has 3 aliphatic rings. The SMILES string of the molecule is CS(=O)(=O)NC(=O)c1cc(C2CC2)c(CN2[C@@H]3CC[C@H]2C[C@H](Oc2cc(C(F)(F)F)c(Cl)cn2)C3)cc1F. The molecule has 3 atom stereocenters. The van der Waals surface area contributed by atoms with E-state index >= 15 is 0 Å². The van der Waals surface area contributed by atoms with Gasteiger partial charge in [0.15, 0.2) is 0 Å². The first-order chi connectivity index (χ1) is 17.8. The van der Waals surface area contributed by atoms with E-state index in [2.05, 4.69) is 9.88 Å². The summed E-state index contributed by atoms with van der Waals surface area (Å²) in [5.74, 6) is -1.72. The Morgan fingerprint density at radius 2 is 1.82 bits per heavy atom. The molecule has 3 fully saturated rings. The van der Waals surface area contributed by atoms with Crippen molar-refractivity contribution in [1.82, 2.24) is 14.6 Å². The van der Waals surface area contributed by atoms with E-state index in [9.17, 15) is 30.8 Å². The molecule has 2 saturated heterocycles. The van der Waals surface area contributed by atoms with Gasteiger partial charge in [-0.25, -0.2) is 22.5 Å². The molecule has 5 rings (SSSR count). The largest absolute Gasteiger partial charge is 0.474 e. The van der Waals surface area contributed by atoms with Crippen molar-refractivity contribution in [2.75, 3.05) is 6.26 Å². The van der Waals surface area contributed by atoms with Gasteiger partial charge in [0.2, 0.25) is 15.9 Å². The number of aromatic nitrogens is 1. The Balaban J connectivity index is 1.31. The first-order valence-corrected chi connectivity index (χ1v) is 14.5. The van der Waals surface area contributed by atoms with Gasteiger partial charge in [0, 0.05) is 24.7 Å². The minimum absolute atomic E-state index is 0.0939. The normalized spacial score (nSPS) is 23.9. The number of nitrogens with one attached hydrogen (secondary N) is 1. The fraction of sp³-hybridized carbons (Fsp3) is 0.520. The second-order valence-electron chi connectivity index (χ2n) is 10.3. The molecule has 2 bridgehead atoms. The first-order valence-electron chi connectivity index (χ1n) is 12.3. The maximum absolute atomic E-state index is 15.0. The van der Waals surface area contributed by atoms with Crippen LogP contribution in [-0.2, 0) is 22.7 Å². The second-order valence-corrected chi connectivity index (χ2v) is 12.4. The van der Waals surface area contributed by atoms with Crippen LogP contribution in [0, 0.1) is 5.82 Å². The number of nitrogens with zero attached hydrogens (tertiary/aromatic N) is 2. The number of hydrogen-bond donors (Lipinski definition) is 1. The van der Waals surface area contributed by atoms with Gasteiger partial charge < -0.3 is 4.74 Å². The number of fused-ring (bicyclic) bond motifs is 2. The van der Waals surface area contributed by atoms with Gasteiger partial charge in [-0.3, -0.25) is 9.69 Å². The lowest BCUT2D eigenvalue weighted by molar-refractivity contribution is -0.137. The van der Waals surface area contributed by atoms with Crippen LogP contribution in [0.3, 0.4) is 0 Å². The minimum atomic E-state index is -4.61. The van der Waals surface area contributed by atoms with Crippen molar-refractivity contribution in [2.45, 2.75) is 75.4 Å². The van der Waals surface area contributed by atoms with Gasteiger partial charge in [0.25, 0.3) is 5.91 Å². The number of piperidine rings is 1. The molecule has 206 valence electrons. The summed E-state index contributed by atoms with van der Waals surface area (Å²) in [6.07, 6.45) is 1.57. The molecule has 2 aromatic rings. The smallest absolute Gasteiger partial charge is 0.418 e. The number of pyridine rings is 1. The summed E-state index contributed by atoms with van der Waals surface area (Å²) in [6, 6.07) is 3.80. The van der Waals surface area contributed by atoms with Crippen LogP contribution in [0.5, 0.6) is 5.88 Å². The average Bonchev–Trinajstić information content (AvgIpc) is 3.60. The van der Waals surface area contributed by atoms with Gasteiger partial charge >= 0.3 is 6.18 Å². The summed E-state index contributed by atoms with van der Waals surface area (Å²) < 4.78 is 85.2. The number of alkyl halides is 3. The van der Waals surface area contributed by atoms with Crippen molar-refractivity contribution in [1.29, 1.82) is 0 Å². The van der Waals surface area contributed by atoms with Crippen molar-refractivity contribution in [3.63, 3.8) is 0 Å². The van der Waals surface area contributed by atoms with Crippen molar-refractivity contribution in [3.8, 4) is 5.88 Å². The molecule has 3 heterocycles. The van der Waals surface area contributed by atoms with Gasteiger partial charge in [0.1, 0.15) is 11.9 Å². The Labute approximate surface area is 222 Å². The molecule has 7 nitrogen and oxygen atoms in total. The van der Waals surface area contributed by atoms with Gasteiger partial charge in [-0.15, -0.1) is 0 Å². The number of amides is 1. The zero-order valence-electron chi connectivity index (χ0n) is 20.4. The van der Waals surface area contributed by atoms with E-state index in [1.807, 2.05) is 4.72 Å². The number of carbonyl (C=O) groups excluding carboxylic acids is 1. The van der Waals surface area contributed by atoms with Gasteiger partial charge in [-0.1, -0.05) is 11.6 Å². The first kappa shape index (κ1) is 27.1. The molecule has 0 radical (unpaired) electrons. The molecule has 0 unspecified atom stereocenters. The fourth-order valence-electron chi connectivity index (χ4n) is 5.59. The van der Waals surface area contributed by atoms with E-state index in [4.69, 9.17) is 16.3 Å². The van der Waals surface area contributed by atoms with Crippen LogP contribution in [0.1, 0.15) is 71.5 Å². The summed E-state index contributed by atoms with van der Waals surface area (Å²) in [5, 5.41) is -0.488. The predicted molar refractivity (Wildman–Crippen MR) is 131 cm³/mol. The fourth-order valence-corrected chi connectivity index (χ4v) is 6.24. The lowest BCUT2D eigenvalue weighted by Gasteiger charge is -2.39. The predicted octanol–water partition coefficient (Wildman–Crippen LogP) is 5.03. The molecule has 38 heavy (non-hydrogen) atoms. The highest BCUT2D eigenvalue weighted by atomic mass is 35.5. The van der Waals surface area contributed by atoms with E-state index in [1.165, 1.54) is 12.1 Å². The summed E-state index contributed by atoms with van der Waals surface area (Å²) >= 11 is 5.66. The van der Waals surface area contributed by atoms with Crippen LogP contribution in [0.2, 0.25) is 5.02 Å². The molecule has 0 spiro atoms. The third kappa shape index (κ3) is 5.91. The standard InChI is InChI=1S/C25H26ClF4N3O4S/c1-38(35,36)32-24(34)19-9-18(13-2-3-13)14(6-22(19)27)12-33-15-4-5-16(33)8-17(7-15)37-23-10-20(25(28,29)30)21(26)11-31-23/h6,9-11,13,15-17H,2-5,7-8,12H2,1H3,(H,32,34)/t15-,16+,17-. The highest BCUT2D eigenvalue weighted by Crippen LogP contribution is 2.45. The molecule has 13 heteroatoms. The van der Waals surface area contributed by atoms with Crippen LogP contribution in [-0.4, -0.2) is 48.7 Å². The number of carbonyl (C=O) groups is 1. The van der Waals surface area contributed by atoms with Crippen LogP contribution in [0.15, 0.2) is 24.4 Å². The molecular weight excluding hydrogens is 550 g/mol. The van der Waals surface area contributed by atoms with E-state index in [1.54, 1.807) is 0 Å². The zero-order valence-corrected chi connectivity index (χ0v) is 22.0. The number of halogens is 5. The van der Waals surface area contributed by atoms with Crippen LogP contribution < -0.4 is 9.46 Å². The second kappa shape index (κ2) is 9.95. The third-order valence-corrected chi connectivity index (χ3v) is 8.24. The zero-order chi connectivity index (χ0) is 27.4. The lowest BCUT2D eigenvalue weighted by Crippen LogP contribution is -2.46. The van der Waals surface area contributed by atoms with E-state index < -0.39 is 38.5 Å². The Bertz CT molecular complexity index is 1350. The number of sulfonamides is 1. The summed E-state index contributed by atoms with van der Waals surface area (Å²) in [7, 11) is -3.84. The van der Waals surface area contributed by atoms with Crippen molar-refractivity contribution in [2.24, 2.45) is 0 Å². The molecule has 1 saturated carbocycles. The Morgan fingerprint density at radius 3 is 2.39 bits per heavy atom. The van der Waals surface area contributed by atoms with Crippen LogP contribution in [0.25, 0.3) is 0 Å². The molecule has 1 N–H and O–H groups in total. The number of benzene rings is 1. The van der Waals surface area contributed by atoms with Crippen LogP contribution >= 0.6 is 11.6 Å². The monoisotopic (exact) mass is 575 g/mol. The van der Waals surface area contributed by atoms with Crippen LogP contribution in [0.4, 0.5) is 17.6 Å². The summed E-state index contributed by atoms with van der Waals surface area (Å²) in [5.41, 5.74) is 0.303. The maximum atomic E-state index is 15.0. The van der Waals surface area contributed by atoms with Crippen molar-refractivity contribution < 1.29 is 35.5 Å². The van der Waals surface area contributed by atoms with Crippen molar-refractivity contribution >= 4 is 27.5 Å². The quantitative estimate of drug-likeness (QED) is 0.466. The highest BCUT2D eigenvalue weighted by Gasteiger charge is 2.43. The third-order valence-electron chi connectivity index (χ3n) is 7.39. The molecular formula is C25H26ClF4N3O4S. The van der Waals surface area contributed by atoms with E-state index in [0.717, 1.165) is 55.3 Å². The summed E-state index contributed by atoms with van der Waals surface area (Å²) in [4.78, 5) is 18.5. The number of rotatable bonds is 7. The Morgan fingerprint density at radius 1 is 1.16 bits per heavy atom. The molecule has 1 amide bonds. The molecule has 1 aromatic heterocycles. The van der Waals surface area contributed by atoms with Gasteiger partial charge in [0.05, 0.1) is 28.6 Å². The summed E-state index contributed by atoms with van der Waals surface area (Å²) in [6.45, 7) is 0.455. The Hall–Kier alpha value is -2.44. The van der Waals surface area contributed by atoms with Gasteiger partial charge in [-0.2, -0.15) is 13.2 Å². The number of ether oxygens (including phenoxy) is 1. The van der Waals surface area contributed by atoms with Crippen molar-refractivity contribution in [3.05, 3.63) is 57.5 Å². The number of hydrogen-bond acceptors (Lipinski definition) is 6.